The molecule has 0 fully saturated rings. The first-order valence-corrected chi connectivity index (χ1v) is 5.70. The van der Waals surface area contributed by atoms with Crippen LogP contribution in [0.1, 0.15) is 12.5 Å². The zero-order valence-corrected chi connectivity index (χ0v) is 11.2. The van der Waals surface area contributed by atoms with E-state index in [2.05, 4.69) is 27.7 Å². The third-order valence-corrected chi connectivity index (χ3v) is 2.51. The zero-order chi connectivity index (χ0) is 12.0. The molecule has 1 aromatic rings. The van der Waals surface area contributed by atoms with Crippen LogP contribution in [0.4, 0.5) is 0 Å². The number of nitrogens with zero attached hydrogens (tertiary/aromatic N) is 1. The fraction of sp³-hybridized carbons (Fsp3) is 0.273. The summed E-state index contributed by atoms with van der Waals surface area (Å²) in [5, 5.41) is 3.83. The Morgan fingerprint density at radius 1 is 1.38 bits per heavy atom. The van der Waals surface area contributed by atoms with Crippen molar-refractivity contribution in [3.63, 3.8) is 0 Å². The monoisotopic (exact) mass is 333 g/mol. The van der Waals surface area contributed by atoms with Gasteiger partial charge in [0, 0.05) is 16.1 Å². The van der Waals surface area contributed by atoms with Crippen molar-refractivity contribution in [2.75, 3.05) is 13.7 Å². The molecule has 0 N–H and O–H groups in total. The summed E-state index contributed by atoms with van der Waals surface area (Å²) < 4.78 is 6.02. The van der Waals surface area contributed by atoms with E-state index < -0.39 is 0 Å². The number of oxime groups is 1. The molecule has 5 heteroatoms. The average Bonchev–Trinajstić information content (AvgIpc) is 2.25. The SMILES string of the molecule is CON=C(COC(C)=O)c1ccc(I)cc1. The van der Waals surface area contributed by atoms with Gasteiger partial charge in [0.15, 0.2) is 0 Å². The van der Waals surface area contributed by atoms with Crippen molar-refractivity contribution in [3.8, 4) is 0 Å². The van der Waals surface area contributed by atoms with Crippen LogP contribution in [0.15, 0.2) is 29.4 Å². The zero-order valence-electron chi connectivity index (χ0n) is 9.07. The Morgan fingerprint density at radius 3 is 2.50 bits per heavy atom. The molecule has 1 rings (SSSR count). The van der Waals surface area contributed by atoms with Gasteiger partial charge in [0.1, 0.15) is 19.4 Å². The van der Waals surface area contributed by atoms with Crippen LogP contribution in [0.2, 0.25) is 0 Å². The molecule has 0 radical (unpaired) electrons. The van der Waals surface area contributed by atoms with Crippen molar-refractivity contribution >= 4 is 34.3 Å². The van der Waals surface area contributed by atoms with E-state index in [-0.39, 0.29) is 12.6 Å². The van der Waals surface area contributed by atoms with Crippen molar-refractivity contribution in [2.45, 2.75) is 6.92 Å². The van der Waals surface area contributed by atoms with Crippen LogP contribution >= 0.6 is 22.6 Å². The maximum absolute atomic E-state index is 10.7. The van der Waals surface area contributed by atoms with Gasteiger partial charge in [0.05, 0.1) is 0 Å². The van der Waals surface area contributed by atoms with E-state index in [4.69, 9.17) is 9.57 Å². The molecule has 0 aliphatic rings. The highest BCUT2D eigenvalue weighted by Crippen LogP contribution is 2.08. The van der Waals surface area contributed by atoms with E-state index in [1.165, 1.54) is 14.0 Å². The Balaban J connectivity index is 2.81. The summed E-state index contributed by atoms with van der Waals surface area (Å²) in [5.41, 5.74) is 1.47. The van der Waals surface area contributed by atoms with Gasteiger partial charge in [-0.15, -0.1) is 0 Å². The van der Waals surface area contributed by atoms with Crippen molar-refractivity contribution in [3.05, 3.63) is 33.4 Å². The summed E-state index contributed by atoms with van der Waals surface area (Å²) in [6, 6.07) is 7.72. The lowest BCUT2D eigenvalue weighted by atomic mass is 10.1. The topological polar surface area (TPSA) is 47.9 Å². The standard InChI is InChI=1S/C11H12INO3/c1-8(14)16-7-11(13-15-2)9-3-5-10(12)6-4-9/h3-6H,7H2,1-2H3. The molecule has 0 unspecified atom stereocenters. The summed E-state index contributed by atoms with van der Waals surface area (Å²) in [7, 11) is 1.46. The number of ether oxygens (including phenoxy) is 1. The summed E-state index contributed by atoms with van der Waals surface area (Å²) in [6.45, 7) is 1.47. The number of hydrogen-bond donors (Lipinski definition) is 0. The Hall–Kier alpha value is -1.11. The van der Waals surface area contributed by atoms with Crippen LogP contribution in [0, 0.1) is 3.57 Å². The van der Waals surface area contributed by atoms with Crippen molar-refractivity contribution in [2.24, 2.45) is 5.16 Å². The first-order chi connectivity index (χ1) is 7.63. The third kappa shape index (κ3) is 4.18. The van der Waals surface area contributed by atoms with Crippen molar-refractivity contribution < 1.29 is 14.4 Å². The Kier molecular flexibility index (Phi) is 5.24. The lowest BCUT2D eigenvalue weighted by Crippen LogP contribution is -2.13. The van der Waals surface area contributed by atoms with Crippen LogP contribution in [0.3, 0.4) is 0 Å². The molecule has 86 valence electrons. The molecule has 0 atom stereocenters. The van der Waals surface area contributed by atoms with E-state index in [1.54, 1.807) is 0 Å². The number of halogens is 1. The predicted octanol–water partition coefficient (Wildman–Crippen LogP) is 2.20. The number of esters is 1. The van der Waals surface area contributed by atoms with E-state index in [0.29, 0.717) is 5.71 Å². The Morgan fingerprint density at radius 2 is 2.00 bits per heavy atom. The first-order valence-electron chi connectivity index (χ1n) is 4.63. The average molecular weight is 333 g/mol. The van der Waals surface area contributed by atoms with E-state index in [9.17, 15) is 4.79 Å². The van der Waals surface area contributed by atoms with Gasteiger partial charge in [-0.05, 0) is 34.7 Å². The molecule has 0 aromatic heterocycles. The molecule has 0 saturated carbocycles. The molecule has 0 aliphatic carbocycles. The number of carbonyl (C=O) groups excluding carboxylic acids is 1. The van der Waals surface area contributed by atoms with Gasteiger partial charge in [-0.3, -0.25) is 4.79 Å². The summed E-state index contributed by atoms with van der Waals surface area (Å²) in [5.74, 6) is -0.339. The molecule has 0 spiro atoms. The first kappa shape index (κ1) is 13.0. The van der Waals surface area contributed by atoms with Gasteiger partial charge in [0.25, 0.3) is 0 Å². The molecule has 1 aromatic carbocycles. The van der Waals surface area contributed by atoms with Gasteiger partial charge in [-0.25, -0.2) is 0 Å². The Labute approximate surface area is 108 Å². The van der Waals surface area contributed by atoms with Gasteiger partial charge < -0.3 is 9.57 Å². The molecule has 0 bridgehead atoms. The molecule has 0 amide bonds. The summed E-state index contributed by atoms with van der Waals surface area (Å²) in [4.78, 5) is 15.4. The van der Waals surface area contributed by atoms with E-state index in [0.717, 1.165) is 9.13 Å². The second kappa shape index (κ2) is 6.47. The van der Waals surface area contributed by atoms with Gasteiger partial charge >= 0.3 is 5.97 Å². The van der Waals surface area contributed by atoms with E-state index in [1.807, 2.05) is 24.3 Å². The largest absolute Gasteiger partial charge is 0.459 e. The second-order valence-corrected chi connectivity index (χ2v) is 4.25. The Bertz CT molecular complexity index is 387. The number of hydrogen-bond acceptors (Lipinski definition) is 4. The third-order valence-electron chi connectivity index (χ3n) is 1.79. The quantitative estimate of drug-likeness (QED) is 0.367. The van der Waals surface area contributed by atoms with Crippen molar-refractivity contribution in [1.29, 1.82) is 0 Å². The van der Waals surface area contributed by atoms with Gasteiger partial charge in [-0.1, -0.05) is 17.3 Å². The van der Waals surface area contributed by atoms with E-state index >= 15 is 0 Å². The molecule has 4 nitrogen and oxygen atoms in total. The highest BCUT2D eigenvalue weighted by Gasteiger charge is 2.06. The minimum atomic E-state index is -0.339. The molecule has 0 saturated heterocycles. The molecular weight excluding hydrogens is 321 g/mol. The lowest BCUT2D eigenvalue weighted by molar-refractivity contribution is -0.139. The number of benzene rings is 1. The molecule has 0 aliphatic heterocycles. The van der Waals surface area contributed by atoms with Crippen LogP contribution in [-0.2, 0) is 14.4 Å². The van der Waals surface area contributed by atoms with Crippen LogP contribution in [0.25, 0.3) is 0 Å². The van der Waals surface area contributed by atoms with Gasteiger partial charge in [0.2, 0.25) is 0 Å². The number of rotatable bonds is 4. The van der Waals surface area contributed by atoms with Crippen LogP contribution in [0.5, 0.6) is 0 Å². The lowest BCUT2D eigenvalue weighted by Gasteiger charge is -2.06. The normalized spacial score (nSPS) is 11.1. The van der Waals surface area contributed by atoms with Crippen LogP contribution < -0.4 is 0 Å². The maximum Gasteiger partial charge on any atom is 0.303 e. The second-order valence-electron chi connectivity index (χ2n) is 3.01. The number of carbonyl (C=O) groups is 1. The van der Waals surface area contributed by atoms with Crippen LogP contribution in [-0.4, -0.2) is 25.4 Å². The summed E-state index contributed by atoms with van der Waals surface area (Å²) >= 11 is 2.22. The minimum Gasteiger partial charge on any atom is -0.459 e. The minimum absolute atomic E-state index is 0.115. The fourth-order valence-electron chi connectivity index (χ4n) is 1.08. The van der Waals surface area contributed by atoms with Crippen molar-refractivity contribution in [1.82, 2.24) is 0 Å². The highest BCUT2D eigenvalue weighted by molar-refractivity contribution is 14.1. The van der Waals surface area contributed by atoms with Gasteiger partial charge in [-0.2, -0.15) is 0 Å². The predicted molar refractivity (Wildman–Crippen MR) is 69.3 cm³/mol. The fourth-order valence-corrected chi connectivity index (χ4v) is 1.44. The molecule has 16 heavy (non-hydrogen) atoms. The summed E-state index contributed by atoms with van der Waals surface area (Å²) in [6.07, 6.45) is 0. The molecular formula is C11H12INO3. The maximum atomic E-state index is 10.7. The molecule has 0 heterocycles. The highest BCUT2D eigenvalue weighted by atomic mass is 127. The smallest absolute Gasteiger partial charge is 0.303 e.